The van der Waals surface area contributed by atoms with Crippen molar-refractivity contribution in [3.8, 4) is 33.4 Å². The zero-order chi connectivity index (χ0) is 37.0. The number of benzene rings is 10. The lowest BCUT2D eigenvalue weighted by Crippen LogP contribution is -2.10. The highest BCUT2D eigenvalue weighted by Gasteiger charge is 2.17. The predicted octanol–water partition coefficient (Wildman–Crippen LogP) is 16.0. The van der Waals surface area contributed by atoms with Crippen molar-refractivity contribution in [2.75, 3.05) is 4.90 Å². The fourth-order valence-electron chi connectivity index (χ4n) is 8.63. The van der Waals surface area contributed by atoms with Gasteiger partial charge in [0.25, 0.3) is 0 Å². The Morgan fingerprint density at radius 1 is 0.286 bits per heavy atom. The predicted molar refractivity (Wildman–Crippen MR) is 243 cm³/mol. The molecule has 10 aromatic carbocycles. The number of rotatable bonds is 6. The molecule has 0 aliphatic carbocycles. The molecule has 2 heteroatoms. The summed E-state index contributed by atoms with van der Waals surface area (Å²) >= 11 is 1.87. The molecule has 0 aliphatic rings. The lowest BCUT2D eigenvalue weighted by molar-refractivity contribution is 1.28. The molecule has 0 atom stereocenters. The zero-order valence-electron chi connectivity index (χ0n) is 30.6. The Hall–Kier alpha value is -7.00. The van der Waals surface area contributed by atoms with Crippen LogP contribution in [-0.2, 0) is 0 Å². The van der Waals surface area contributed by atoms with Crippen molar-refractivity contribution in [1.29, 1.82) is 0 Å². The Bertz CT molecular complexity index is 3240. The van der Waals surface area contributed by atoms with E-state index >= 15 is 0 Å². The Morgan fingerprint density at radius 2 is 0.839 bits per heavy atom. The summed E-state index contributed by atoms with van der Waals surface area (Å²) in [6.07, 6.45) is 0. The van der Waals surface area contributed by atoms with E-state index in [2.05, 4.69) is 217 Å². The van der Waals surface area contributed by atoms with Gasteiger partial charge in [-0.2, -0.15) is 0 Å². The van der Waals surface area contributed by atoms with E-state index in [1.165, 1.54) is 85.9 Å². The summed E-state index contributed by atoms with van der Waals surface area (Å²) in [4.78, 5) is 2.39. The molecule has 0 fully saturated rings. The molecule has 0 N–H and O–H groups in total. The maximum absolute atomic E-state index is 2.39. The van der Waals surface area contributed by atoms with Gasteiger partial charge in [-0.3, -0.25) is 0 Å². The number of hydrogen-bond donors (Lipinski definition) is 0. The Morgan fingerprint density at radius 3 is 1.62 bits per heavy atom. The van der Waals surface area contributed by atoms with Gasteiger partial charge >= 0.3 is 0 Å². The maximum Gasteiger partial charge on any atom is 0.0467 e. The molecule has 0 amide bonds. The van der Waals surface area contributed by atoms with Gasteiger partial charge in [0.1, 0.15) is 0 Å². The van der Waals surface area contributed by atoms with Crippen LogP contribution in [0.25, 0.3) is 85.9 Å². The van der Waals surface area contributed by atoms with Crippen LogP contribution in [0.1, 0.15) is 0 Å². The average molecular weight is 730 g/mol. The third-order valence-corrected chi connectivity index (χ3v) is 12.4. The Balaban J connectivity index is 1.05. The van der Waals surface area contributed by atoms with E-state index in [1.54, 1.807) is 0 Å². The molecule has 0 radical (unpaired) electrons. The van der Waals surface area contributed by atoms with Crippen molar-refractivity contribution < 1.29 is 0 Å². The first kappa shape index (κ1) is 32.4. The highest BCUT2D eigenvalue weighted by molar-refractivity contribution is 7.25. The van der Waals surface area contributed by atoms with Gasteiger partial charge in [0.2, 0.25) is 0 Å². The summed E-state index contributed by atoms with van der Waals surface area (Å²) < 4.78 is 2.64. The van der Waals surface area contributed by atoms with Crippen LogP contribution < -0.4 is 4.90 Å². The Labute approximate surface area is 330 Å². The number of fused-ring (bicyclic) bond motifs is 7. The van der Waals surface area contributed by atoms with Gasteiger partial charge in [0, 0.05) is 37.2 Å². The van der Waals surface area contributed by atoms with Gasteiger partial charge in [-0.15, -0.1) is 11.3 Å². The van der Waals surface area contributed by atoms with Gasteiger partial charge in [-0.1, -0.05) is 158 Å². The van der Waals surface area contributed by atoms with Crippen molar-refractivity contribution in [1.82, 2.24) is 0 Å². The highest BCUT2D eigenvalue weighted by atomic mass is 32.1. The van der Waals surface area contributed by atoms with Crippen LogP contribution in [0.3, 0.4) is 0 Å². The third kappa shape index (κ3) is 5.46. The van der Waals surface area contributed by atoms with Crippen LogP contribution in [0.5, 0.6) is 0 Å². The van der Waals surface area contributed by atoms with Crippen LogP contribution >= 0.6 is 11.3 Å². The van der Waals surface area contributed by atoms with E-state index in [4.69, 9.17) is 0 Å². The summed E-state index contributed by atoms with van der Waals surface area (Å²) in [5.74, 6) is 0. The smallest absolute Gasteiger partial charge is 0.0467 e. The molecule has 0 unspecified atom stereocenters. The minimum Gasteiger partial charge on any atom is -0.310 e. The minimum atomic E-state index is 1.10. The van der Waals surface area contributed by atoms with E-state index in [0.29, 0.717) is 0 Å². The van der Waals surface area contributed by atoms with Crippen molar-refractivity contribution in [3.05, 3.63) is 212 Å². The van der Waals surface area contributed by atoms with Crippen LogP contribution in [0, 0.1) is 0 Å². The van der Waals surface area contributed by atoms with Crippen molar-refractivity contribution >= 4 is 80.9 Å². The van der Waals surface area contributed by atoms with Crippen LogP contribution in [0.15, 0.2) is 212 Å². The molecule has 0 aliphatic heterocycles. The molecule has 11 aromatic rings. The fraction of sp³-hybridized carbons (Fsp3) is 0. The summed E-state index contributed by atoms with van der Waals surface area (Å²) in [7, 11) is 0. The van der Waals surface area contributed by atoms with Gasteiger partial charge < -0.3 is 4.90 Å². The standard InChI is InChI=1S/C54H35NS/c1-3-17-44-36(12-1)14-10-22-45(44)39-15-9-16-43(34-39)55(41-30-26-37(27-31-41)47-23-11-25-53-54(47)50-21-7-8-24-52(50)56-53)42-32-28-38(29-33-42)51-35-40-13-2-4-18-46(40)48-19-5-6-20-49(48)51/h1-35H. The number of thiophene rings is 1. The molecule has 1 nitrogen and oxygen atoms in total. The quantitative estimate of drug-likeness (QED) is 0.154. The zero-order valence-corrected chi connectivity index (χ0v) is 31.4. The molecule has 56 heavy (non-hydrogen) atoms. The first-order valence-corrected chi connectivity index (χ1v) is 20.0. The fourth-order valence-corrected chi connectivity index (χ4v) is 9.76. The van der Waals surface area contributed by atoms with Crippen molar-refractivity contribution in [2.24, 2.45) is 0 Å². The van der Waals surface area contributed by atoms with Crippen LogP contribution in [0.4, 0.5) is 17.1 Å². The lowest BCUT2D eigenvalue weighted by Gasteiger charge is -2.27. The van der Waals surface area contributed by atoms with E-state index in [9.17, 15) is 0 Å². The maximum atomic E-state index is 2.39. The summed E-state index contributed by atoms with van der Waals surface area (Å²) in [6.45, 7) is 0. The summed E-state index contributed by atoms with van der Waals surface area (Å²) in [5.41, 5.74) is 10.7. The second-order valence-electron chi connectivity index (χ2n) is 14.5. The van der Waals surface area contributed by atoms with Crippen molar-refractivity contribution in [2.45, 2.75) is 0 Å². The first-order valence-electron chi connectivity index (χ1n) is 19.2. The number of nitrogens with zero attached hydrogens (tertiary/aromatic N) is 1. The van der Waals surface area contributed by atoms with Gasteiger partial charge in [0.05, 0.1) is 0 Å². The molecule has 11 rings (SSSR count). The van der Waals surface area contributed by atoms with Gasteiger partial charge in [-0.25, -0.2) is 0 Å². The second-order valence-corrected chi connectivity index (χ2v) is 15.6. The number of anilines is 3. The average Bonchev–Trinajstić information content (AvgIpc) is 3.66. The molecule has 0 saturated heterocycles. The molecule has 0 bridgehead atoms. The molecular weight excluding hydrogens is 695 g/mol. The topological polar surface area (TPSA) is 3.24 Å². The van der Waals surface area contributed by atoms with Crippen molar-refractivity contribution in [3.63, 3.8) is 0 Å². The summed E-state index contributed by atoms with van der Waals surface area (Å²) in [6, 6.07) is 77.7. The van der Waals surface area contributed by atoms with Gasteiger partial charge in [-0.05, 0) is 120 Å². The van der Waals surface area contributed by atoms with Gasteiger partial charge in [0.15, 0.2) is 0 Å². The normalized spacial score (nSPS) is 11.6. The molecule has 1 aromatic heterocycles. The summed E-state index contributed by atoms with van der Waals surface area (Å²) in [5, 5.41) is 10.2. The lowest BCUT2D eigenvalue weighted by atomic mass is 9.93. The molecule has 1 heterocycles. The molecular formula is C54H35NS. The molecule has 0 saturated carbocycles. The minimum absolute atomic E-state index is 1.10. The van der Waals surface area contributed by atoms with Crippen LogP contribution in [0.2, 0.25) is 0 Å². The first-order chi connectivity index (χ1) is 27.8. The third-order valence-electron chi connectivity index (χ3n) is 11.2. The van der Waals surface area contributed by atoms with E-state index in [-0.39, 0.29) is 0 Å². The monoisotopic (exact) mass is 729 g/mol. The highest BCUT2D eigenvalue weighted by Crippen LogP contribution is 2.43. The molecule has 262 valence electrons. The van der Waals surface area contributed by atoms with E-state index in [0.717, 1.165) is 17.1 Å². The number of hydrogen-bond acceptors (Lipinski definition) is 2. The van der Waals surface area contributed by atoms with E-state index in [1.807, 2.05) is 11.3 Å². The van der Waals surface area contributed by atoms with Crippen LogP contribution in [-0.4, -0.2) is 0 Å². The largest absolute Gasteiger partial charge is 0.310 e. The van der Waals surface area contributed by atoms with E-state index < -0.39 is 0 Å². The molecule has 0 spiro atoms. The Kier molecular flexibility index (Phi) is 7.75. The second kappa shape index (κ2) is 13.4. The SMILES string of the molecule is c1cc(-c2cccc3ccccc23)cc(N(c2ccc(-c3cc4ccccc4c4ccccc34)cc2)c2ccc(-c3cccc4sc5ccccc5c34)cc2)c1.